The minimum Gasteiger partial charge on any atom is -0.468 e. The summed E-state index contributed by atoms with van der Waals surface area (Å²) in [5.41, 5.74) is -4.13. The molecule has 5 fully saturated rings. The fourth-order valence-corrected chi connectivity index (χ4v) is 16.1. The van der Waals surface area contributed by atoms with Crippen molar-refractivity contribution >= 4 is 58.6 Å². The Hall–Kier alpha value is -4.48. The summed E-state index contributed by atoms with van der Waals surface area (Å²) in [6, 6.07) is 13.6. The van der Waals surface area contributed by atoms with Crippen LogP contribution in [-0.2, 0) is 54.7 Å². The van der Waals surface area contributed by atoms with E-state index in [4.69, 9.17) is 35.3 Å². The summed E-state index contributed by atoms with van der Waals surface area (Å²) < 4.78 is 31.5. The highest BCUT2D eigenvalue weighted by Crippen LogP contribution is 2.82. The van der Waals surface area contributed by atoms with Crippen molar-refractivity contribution in [3.63, 3.8) is 0 Å². The molecular formula is C52H59ClN4O10S. The number of hydrogen-bond donors (Lipinski definition) is 2. The fraction of sp³-hybridized carbons (Fsp3) is 0.538. The van der Waals surface area contributed by atoms with E-state index in [0.29, 0.717) is 88.4 Å². The summed E-state index contributed by atoms with van der Waals surface area (Å²) in [6.45, 7) is 8.40. The van der Waals surface area contributed by atoms with Gasteiger partial charge in [-0.3, -0.25) is 29.1 Å². The number of halogens is 1. The average molecular weight is 968 g/mol. The second kappa shape index (κ2) is 16.0. The maximum atomic E-state index is 15.7. The van der Waals surface area contributed by atoms with Gasteiger partial charge in [0.15, 0.2) is 6.10 Å². The molecule has 1 aromatic heterocycles. The largest absolute Gasteiger partial charge is 0.468 e. The molecule has 360 valence electrons. The molecule has 6 aliphatic heterocycles. The number of amides is 1. The van der Waals surface area contributed by atoms with Gasteiger partial charge in [-0.25, -0.2) is 4.79 Å². The molecule has 8 aliphatic rings. The molecule has 14 nitrogen and oxygen atoms in total. The molecule has 3 unspecified atom stereocenters. The lowest BCUT2D eigenvalue weighted by molar-refractivity contribution is -0.183. The number of hydrogen-bond acceptors (Lipinski definition) is 13. The molecule has 2 aliphatic carbocycles. The van der Waals surface area contributed by atoms with E-state index < -0.39 is 75.2 Å². The number of carbonyl (C=O) groups excluding carboxylic acids is 4. The summed E-state index contributed by atoms with van der Waals surface area (Å²) in [5.74, 6) is -2.66. The van der Waals surface area contributed by atoms with Gasteiger partial charge in [0.25, 0.3) is 5.60 Å². The molecule has 0 radical (unpaired) electrons. The van der Waals surface area contributed by atoms with Crippen LogP contribution in [0.15, 0.2) is 87.8 Å². The smallest absolute Gasteiger partial charge is 0.347 e. The zero-order valence-corrected chi connectivity index (χ0v) is 40.9. The van der Waals surface area contributed by atoms with E-state index >= 15 is 4.79 Å². The Balaban J connectivity index is 1.17. The number of aromatic nitrogens is 1. The summed E-state index contributed by atoms with van der Waals surface area (Å²) in [5, 5.41) is 13.8. The van der Waals surface area contributed by atoms with E-state index in [1.807, 2.05) is 44.2 Å². The van der Waals surface area contributed by atoms with Crippen LogP contribution in [-0.4, -0.2) is 138 Å². The highest BCUT2D eigenvalue weighted by Gasteiger charge is 3.00. The SMILES string of the molecule is CC[C@]1(O)C[C@H]2CN(CCc3c([nH]c4ccc(Sc5ccccc5Cl)cc34)[C@@](C(=O)OC)(C3C=C4C(=CC3OC)N(C=O)[C@@]35O[C@]3(C(=O)OC)[C@H](OC(C)=O)[C@]3(CC)C=CCN6CC[C@]45[C@@H]63)C2)C1. The van der Waals surface area contributed by atoms with Crippen molar-refractivity contribution in [2.45, 2.75) is 110 Å². The minimum absolute atomic E-state index is 0.145. The van der Waals surface area contributed by atoms with Crippen LogP contribution in [0.3, 0.4) is 0 Å². The van der Waals surface area contributed by atoms with Gasteiger partial charge in [0.05, 0.1) is 36.4 Å². The van der Waals surface area contributed by atoms with Crippen LogP contribution in [0.2, 0.25) is 5.02 Å². The Morgan fingerprint density at radius 1 is 1.03 bits per heavy atom. The number of benzene rings is 2. The number of nitrogens with zero attached hydrogens (tertiary/aromatic N) is 3. The van der Waals surface area contributed by atoms with Crippen molar-refractivity contribution in [1.29, 1.82) is 0 Å². The van der Waals surface area contributed by atoms with Crippen molar-refractivity contribution in [2.24, 2.45) is 22.7 Å². The van der Waals surface area contributed by atoms with Crippen LogP contribution in [0.4, 0.5) is 0 Å². The van der Waals surface area contributed by atoms with E-state index in [9.17, 15) is 19.5 Å². The number of ether oxygens (including phenoxy) is 5. The maximum absolute atomic E-state index is 15.7. The summed E-state index contributed by atoms with van der Waals surface area (Å²) in [4.78, 5) is 69.6. The van der Waals surface area contributed by atoms with Gasteiger partial charge in [-0.1, -0.05) is 67.6 Å². The molecule has 68 heavy (non-hydrogen) atoms. The van der Waals surface area contributed by atoms with Crippen LogP contribution in [0, 0.1) is 22.7 Å². The number of H-pyrrole nitrogens is 1. The minimum atomic E-state index is -1.89. The zero-order chi connectivity index (χ0) is 47.8. The van der Waals surface area contributed by atoms with Gasteiger partial charge >= 0.3 is 17.9 Å². The lowest BCUT2D eigenvalue weighted by Crippen LogP contribution is -2.74. The van der Waals surface area contributed by atoms with E-state index in [1.54, 1.807) is 18.9 Å². The predicted octanol–water partition coefficient (Wildman–Crippen LogP) is 6.33. The highest BCUT2D eigenvalue weighted by molar-refractivity contribution is 7.99. The van der Waals surface area contributed by atoms with E-state index in [1.165, 1.54) is 26.0 Å². The number of nitrogens with one attached hydrogen (secondary N) is 1. The second-order valence-electron chi connectivity index (χ2n) is 20.3. The molecule has 2 spiro atoms. The maximum Gasteiger partial charge on any atom is 0.347 e. The normalized spacial score (nSPS) is 38.6. The van der Waals surface area contributed by atoms with E-state index in [2.05, 4.69) is 51.2 Å². The topological polar surface area (TPSA) is 163 Å². The Labute approximate surface area is 405 Å². The number of epoxide rings is 1. The summed E-state index contributed by atoms with van der Waals surface area (Å²) in [6.07, 6.45) is 9.85. The molecule has 11 rings (SSSR count). The number of aromatic amines is 1. The fourth-order valence-electron chi connectivity index (χ4n) is 14.9. The first-order valence-electron chi connectivity index (χ1n) is 23.9. The third kappa shape index (κ3) is 5.83. The highest BCUT2D eigenvalue weighted by atomic mass is 35.5. The summed E-state index contributed by atoms with van der Waals surface area (Å²) in [7, 11) is 4.32. The van der Waals surface area contributed by atoms with Crippen LogP contribution in [0.5, 0.6) is 0 Å². The molecule has 1 saturated carbocycles. The van der Waals surface area contributed by atoms with Crippen LogP contribution < -0.4 is 0 Å². The number of esters is 3. The Morgan fingerprint density at radius 3 is 2.53 bits per heavy atom. The lowest BCUT2D eigenvalue weighted by atomic mass is 9.48. The van der Waals surface area contributed by atoms with Gasteiger partial charge in [0.2, 0.25) is 12.1 Å². The molecular weight excluding hydrogens is 908 g/mol. The first kappa shape index (κ1) is 45.9. The van der Waals surface area contributed by atoms with Crippen molar-refractivity contribution in [1.82, 2.24) is 19.7 Å². The first-order chi connectivity index (χ1) is 32.7. The number of likely N-dealkylation sites (tertiary alicyclic amines) is 1. The average Bonchev–Trinajstić information content (AvgIpc) is 3.56. The van der Waals surface area contributed by atoms with Gasteiger partial charge in [-0.15, -0.1) is 0 Å². The van der Waals surface area contributed by atoms with Gasteiger partial charge in [-0.05, 0) is 98.5 Å². The molecule has 1 amide bonds. The monoisotopic (exact) mass is 966 g/mol. The van der Waals surface area contributed by atoms with Gasteiger partial charge < -0.3 is 33.8 Å². The number of allylic oxidation sites excluding steroid dienone is 1. The van der Waals surface area contributed by atoms with Crippen LogP contribution >= 0.6 is 23.4 Å². The first-order valence-corrected chi connectivity index (χ1v) is 25.1. The second-order valence-corrected chi connectivity index (χ2v) is 21.8. The number of methoxy groups -OCH3 is 3. The Bertz CT molecular complexity index is 2740. The zero-order valence-electron chi connectivity index (χ0n) is 39.3. The number of rotatable bonds is 10. The Kier molecular flexibility index (Phi) is 10.8. The Morgan fingerprint density at radius 2 is 1.82 bits per heavy atom. The van der Waals surface area contributed by atoms with Crippen LogP contribution in [0.25, 0.3) is 10.9 Å². The molecule has 7 heterocycles. The lowest BCUT2D eigenvalue weighted by Gasteiger charge is -2.58. The van der Waals surface area contributed by atoms with Crippen molar-refractivity contribution in [3.05, 3.63) is 94.3 Å². The van der Waals surface area contributed by atoms with Gasteiger partial charge in [0, 0.05) is 89.7 Å². The number of fused-ring (bicyclic) bond motifs is 6. The molecule has 3 aromatic rings. The molecule has 12 atom stereocenters. The van der Waals surface area contributed by atoms with Crippen molar-refractivity contribution in [2.75, 3.05) is 54.1 Å². The third-order valence-electron chi connectivity index (χ3n) is 17.4. The molecule has 2 bridgehead atoms. The third-order valence-corrected chi connectivity index (χ3v) is 18.9. The molecule has 16 heteroatoms. The summed E-state index contributed by atoms with van der Waals surface area (Å²) >= 11 is 8.25. The molecule has 2 aromatic carbocycles. The van der Waals surface area contributed by atoms with E-state index in [-0.39, 0.29) is 5.92 Å². The quantitative estimate of drug-likeness (QED) is 0.0763. The number of piperidine rings is 1. The van der Waals surface area contributed by atoms with Crippen LogP contribution in [0.1, 0.15) is 64.1 Å². The number of carbonyl (C=O) groups is 4. The molecule has 4 saturated heterocycles. The standard InChI is InChI=1S/C52H59ClN4O10S/c1-7-47(62)25-31-26-49(45(60)64-5,42-33(16-20-55(27-31)28-47)34-22-32(14-15-38(34)54-42)68-41-13-10-9-12-37(41)53)36-23-35-39(24-40(36)63-4)57(29-58)52-50(35)18-21-56-19-11-17-48(8-2,43(50)56)44(66-30(3)59)51(52,67-52)46(61)65-6/h9-15,17,22-24,29,31,36,40,43-44,54,62H,7-8,16,18-21,25-28H2,1-6H3/t31-,36?,40?,43+,44-,47+,48-,49+,50-,51+,52+/m1/s1. The van der Waals surface area contributed by atoms with E-state index in [0.717, 1.165) is 37.5 Å². The van der Waals surface area contributed by atoms with Crippen molar-refractivity contribution in [3.8, 4) is 0 Å². The molecule has 2 N–H and O–H groups in total. The predicted molar refractivity (Wildman–Crippen MR) is 252 cm³/mol. The number of aliphatic hydroxyl groups is 1. The van der Waals surface area contributed by atoms with Crippen molar-refractivity contribution < 1.29 is 48.0 Å². The van der Waals surface area contributed by atoms with Gasteiger partial charge in [-0.2, -0.15) is 0 Å². The van der Waals surface area contributed by atoms with Gasteiger partial charge in [0.1, 0.15) is 5.41 Å².